The Morgan fingerprint density at radius 2 is 2.00 bits per heavy atom. The van der Waals surface area contributed by atoms with E-state index in [1.807, 2.05) is 18.2 Å². The topological polar surface area (TPSA) is 16.1 Å². The summed E-state index contributed by atoms with van der Waals surface area (Å²) in [6.45, 7) is 1.70. The van der Waals surface area contributed by atoms with Gasteiger partial charge in [-0.25, -0.2) is 9.37 Å². The lowest BCUT2D eigenvalue weighted by molar-refractivity contribution is 0.626. The maximum absolute atomic E-state index is 12.9. The van der Waals surface area contributed by atoms with Gasteiger partial charge in [-0.2, -0.15) is 0 Å². The van der Waals surface area contributed by atoms with Crippen LogP contribution in [-0.2, 0) is 13.0 Å². The number of hydrogen-bond acceptors (Lipinski definition) is 2. The third-order valence-corrected chi connectivity index (χ3v) is 3.56. The molecule has 0 fully saturated rings. The van der Waals surface area contributed by atoms with Gasteiger partial charge in [-0.05, 0) is 30.2 Å². The maximum Gasteiger partial charge on any atom is 0.134 e. The van der Waals surface area contributed by atoms with Crippen LogP contribution in [0, 0.1) is 5.82 Å². The van der Waals surface area contributed by atoms with Crippen molar-refractivity contribution in [2.75, 3.05) is 11.4 Å². The molecule has 0 bridgehead atoms. The van der Waals surface area contributed by atoms with Gasteiger partial charge in [0.2, 0.25) is 0 Å². The van der Waals surface area contributed by atoms with E-state index in [0.29, 0.717) is 5.15 Å². The molecular formula is C14H12ClFN2. The molecule has 0 N–H and O–H groups in total. The van der Waals surface area contributed by atoms with Gasteiger partial charge in [-0.15, -0.1) is 0 Å². The van der Waals surface area contributed by atoms with Gasteiger partial charge < -0.3 is 4.90 Å². The second-order valence-corrected chi connectivity index (χ2v) is 4.76. The van der Waals surface area contributed by atoms with Crippen molar-refractivity contribution in [1.82, 2.24) is 4.98 Å². The minimum absolute atomic E-state index is 0.201. The number of rotatable bonds is 2. The van der Waals surface area contributed by atoms with Crippen LogP contribution in [-0.4, -0.2) is 11.5 Å². The standard InChI is InChI=1S/C14H12ClFN2/c15-14-12-6-8-18(13(12)5-7-17-14)9-10-1-3-11(16)4-2-10/h1-5,7H,6,8-9H2. The second-order valence-electron chi connectivity index (χ2n) is 4.40. The number of hydrogen-bond donors (Lipinski definition) is 0. The van der Waals surface area contributed by atoms with Crippen molar-refractivity contribution < 1.29 is 4.39 Å². The van der Waals surface area contributed by atoms with Gasteiger partial charge >= 0.3 is 0 Å². The highest BCUT2D eigenvalue weighted by Gasteiger charge is 2.21. The number of halogens is 2. The first-order valence-electron chi connectivity index (χ1n) is 5.87. The Labute approximate surface area is 110 Å². The molecule has 0 atom stereocenters. The number of pyridine rings is 1. The SMILES string of the molecule is Fc1ccc(CN2CCc3c2ccnc3Cl)cc1. The summed E-state index contributed by atoms with van der Waals surface area (Å²) in [5.74, 6) is -0.201. The Balaban J connectivity index is 1.85. The Hall–Kier alpha value is -1.61. The van der Waals surface area contributed by atoms with Crippen LogP contribution in [0.15, 0.2) is 36.5 Å². The van der Waals surface area contributed by atoms with E-state index in [-0.39, 0.29) is 5.82 Å². The fraction of sp³-hybridized carbons (Fsp3) is 0.214. The molecule has 0 saturated carbocycles. The summed E-state index contributed by atoms with van der Waals surface area (Å²) in [4.78, 5) is 6.34. The molecule has 0 aliphatic carbocycles. The minimum atomic E-state index is -0.201. The van der Waals surface area contributed by atoms with E-state index >= 15 is 0 Å². The average molecular weight is 263 g/mol. The van der Waals surface area contributed by atoms with E-state index in [4.69, 9.17) is 11.6 Å². The van der Waals surface area contributed by atoms with Crippen molar-refractivity contribution >= 4 is 17.3 Å². The van der Waals surface area contributed by atoms with E-state index in [9.17, 15) is 4.39 Å². The Morgan fingerprint density at radius 3 is 2.78 bits per heavy atom. The van der Waals surface area contributed by atoms with Gasteiger partial charge in [0, 0.05) is 30.5 Å². The summed E-state index contributed by atoms with van der Waals surface area (Å²) >= 11 is 6.07. The van der Waals surface area contributed by atoms with E-state index in [0.717, 1.165) is 36.3 Å². The number of anilines is 1. The van der Waals surface area contributed by atoms with Gasteiger partial charge in [-0.1, -0.05) is 23.7 Å². The molecule has 0 spiro atoms. The van der Waals surface area contributed by atoms with Crippen molar-refractivity contribution in [3.63, 3.8) is 0 Å². The Kier molecular flexibility index (Phi) is 2.92. The molecule has 1 aromatic heterocycles. The lowest BCUT2D eigenvalue weighted by atomic mass is 10.2. The van der Waals surface area contributed by atoms with Crippen molar-refractivity contribution in [2.24, 2.45) is 0 Å². The maximum atomic E-state index is 12.9. The molecule has 0 radical (unpaired) electrons. The van der Waals surface area contributed by atoms with Crippen LogP contribution in [0.25, 0.3) is 0 Å². The van der Waals surface area contributed by atoms with E-state index in [2.05, 4.69) is 9.88 Å². The molecular weight excluding hydrogens is 251 g/mol. The molecule has 0 unspecified atom stereocenters. The van der Waals surface area contributed by atoms with Crippen LogP contribution in [0.4, 0.5) is 10.1 Å². The lowest BCUT2D eigenvalue weighted by Gasteiger charge is -2.19. The fourth-order valence-corrected chi connectivity index (χ4v) is 2.57. The largest absolute Gasteiger partial charge is 0.367 e. The van der Waals surface area contributed by atoms with Crippen molar-refractivity contribution in [3.05, 3.63) is 58.6 Å². The van der Waals surface area contributed by atoms with E-state index < -0.39 is 0 Å². The zero-order chi connectivity index (χ0) is 12.5. The molecule has 0 saturated heterocycles. The van der Waals surface area contributed by atoms with Crippen molar-refractivity contribution in [3.8, 4) is 0 Å². The molecule has 18 heavy (non-hydrogen) atoms. The predicted octanol–water partition coefficient (Wildman–Crippen LogP) is 3.44. The summed E-state index contributed by atoms with van der Waals surface area (Å²) in [7, 11) is 0. The van der Waals surface area contributed by atoms with Crippen LogP contribution < -0.4 is 4.90 Å². The lowest BCUT2D eigenvalue weighted by Crippen LogP contribution is -2.19. The molecule has 1 aliphatic rings. The first kappa shape index (κ1) is 11.5. The fourth-order valence-electron chi connectivity index (χ4n) is 2.33. The monoisotopic (exact) mass is 262 g/mol. The predicted molar refractivity (Wildman–Crippen MR) is 70.4 cm³/mol. The van der Waals surface area contributed by atoms with Crippen molar-refractivity contribution in [2.45, 2.75) is 13.0 Å². The molecule has 92 valence electrons. The normalized spacial score (nSPS) is 13.8. The van der Waals surface area contributed by atoms with E-state index in [1.54, 1.807) is 6.20 Å². The van der Waals surface area contributed by atoms with Gasteiger partial charge in [0.15, 0.2) is 0 Å². The second kappa shape index (κ2) is 4.58. The van der Waals surface area contributed by atoms with Crippen LogP contribution in [0.5, 0.6) is 0 Å². The van der Waals surface area contributed by atoms with Gasteiger partial charge in [0.1, 0.15) is 11.0 Å². The number of nitrogens with zero attached hydrogens (tertiary/aromatic N) is 2. The molecule has 2 heterocycles. The molecule has 2 nitrogen and oxygen atoms in total. The quantitative estimate of drug-likeness (QED) is 0.771. The molecule has 2 aromatic rings. The van der Waals surface area contributed by atoms with Gasteiger partial charge in [0.25, 0.3) is 0 Å². The van der Waals surface area contributed by atoms with Crippen LogP contribution >= 0.6 is 11.6 Å². The third kappa shape index (κ3) is 2.06. The average Bonchev–Trinajstić information content (AvgIpc) is 2.77. The van der Waals surface area contributed by atoms with Crippen molar-refractivity contribution in [1.29, 1.82) is 0 Å². The highest BCUT2D eigenvalue weighted by molar-refractivity contribution is 6.30. The first-order valence-corrected chi connectivity index (χ1v) is 6.24. The summed E-state index contributed by atoms with van der Waals surface area (Å²) in [5.41, 5.74) is 3.35. The summed E-state index contributed by atoms with van der Waals surface area (Å²) in [6.07, 6.45) is 2.65. The highest BCUT2D eigenvalue weighted by Crippen LogP contribution is 2.32. The number of aromatic nitrogens is 1. The van der Waals surface area contributed by atoms with E-state index in [1.165, 1.54) is 12.1 Å². The third-order valence-electron chi connectivity index (χ3n) is 3.24. The first-order chi connectivity index (χ1) is 8.74. The van der Waals surface area contributed by atoms with Crippen LogP contribution in [0.1, 0.15) is 11.1 Å². The minimum Gasteiger partial charge on any atom is -0.367 e. The zero-order valence-electron chi connectivity index (χ0n) is 9.74. The molecule has 0 amide bonds. The zero-order valence-corrected chi connectivity index (χ0v) is 10.5. The summed E-state index contributed by atoms with van der Waals surface area (Å²) in [6, 6.07) is 8.60. The van der Waals surface area contributed by atoms with Gasteiger partial charge in [0.05, 0.1) is 0 Å². The highest BCUT2D eigenvalue weighted by atomic mass is 35.5. The van der Waals surface area contributed by atoms with Gasteiger partial charge in [-0.3, -0.25) is 0 Å². The molecule has 3 rings (SSSR count). The number of benzene rings is 1. The smallest absolute Gasteiger partial charge is 0.134 e. The summed E-state index contributed by atoms with van der Waals surface area (Å²) < 4.78 is 12.9. The Bertz CT molecular complexity index is 569. The van der Waals surface area contributed by atoms with Crippen LogP contribution in [0.2, 0.25) is 5.15 Å². The molecule has 1 aliphatic heterocycles. The summed E-state index contributed by atoms with van der Waals surface area (Å²) in [5, 5.41) is 0.592. The molecule has 4 heteroatoms. The Morgan fingerprint density at radius 1 is 1.22 bits per heavy atom. The molecule has 1 aromatic carbocycles. The number of fused-ring (bicyclic) bond motifs is 1. The van der Waals surface area contributed by atoms with Crippen LogP contribution in [0.3, 0.4) is 0 Å².